The molecule has 0 unspecified atom stereocenters. The summed E-state index contributed by atoms with van der Waals surface area (Å²) in [4.78, 5) is 2.24. The molecule has 0 atom stereocenters. The predicted octanol–water partition coefficient (Wildman–Crippen LogP) is 5.03. The van der Waals surface area contributed by atoms with Crippen molar-refractivity contribution in [2.24, 2.45) is 0 Å². The maximum absolute atomic E-state index is 3.58. The lowest BCUT2D eigenvalue weighted by molar-refractivity contribution is 0.675. The average Bonchev–Trinajstić information content (AvgIpc) is 2.49. The normalized spacial score (nSPS) is 10.7. The van der Waals surface area contributed by atoms with Crippen LogP contribution in [0.2, 0.25) is 0 Å². The number of nitrogens with one attached hydrogen (secondary N) is 1. The number of hydrogen-bond acceptors (Lipinski definition) is 2. The van der Waals surface area contributed by atoms with Gasteiger partial charge in [-0.25, -0.2) is 0 Å². The number of nitrogens with zero attached hydrogens (tertiary/aromatic N) is 1. The van der Waals surface area contributed by atoms with Gasteiger partial charge in [-0.2, -0.15) is 0 Å². The van der Waals surface area contributed by atoms with Gasteiger partial charge in [0.25, 0.3) is 0 Å². The number of halogens is 1. The molecule has 2 rings (SSSR count). The van der Waals surface area contributed by atoms with Crippen molar-refractivity contribution in [3.63, 3.8) is 0 Å². The van der Waals surface area contributed by atoms with Gasteiger partial charge in [0, 0.05) is 29.4 Å². The molecule has 0 aromatic heterocycles. The standard InChI is InChI=1S/C18H23BrN2/c1-4-11-20-13-15-7-8-16(19)12-18(15)21(3)17-9-5-14(2)6-10-17/h5-10,12,20H,4,11,13H2,1-3H3. The van der Waals surface area contributed by atoms with Gasteiger partial charge in [0.2, 0.25) is 0 Å². The highest BCUT2D eigenvalue weighted by Crippen LogP contribution is 2.30. The van der Waals surface area contributed by atoms with Crippen LogP contribution in [-0.2, 0) is 6.54 Å². The average molecular weight is 347 g/mol. The van der Waals surface area contributed by atoms with Crippen molar-refractivity contribution in [2.75, 3.05) is 18.5 Å². The highest BCUT2D eigenvalue weighted by Gasteiger charge is 2.10. The smallest absolute Gasteiger partial charge is 0.0465 e. The van der Waals surface area contributed by atoms with Gasteiger partial charge in [0.15, 0.2) is 0 Å². The molecule has 0 fully saturated rings. The van der Waals surface area contributed by atoms with E-state index in [1.807, 2.05) is 0 Å². The minimum Gasteiger partial charge on any atom is -0.344 e. The van der Waals surface area contributed by atoms with Crippen LogP contribution < -0.4 is 10.2 Å². The summed E-state index contributed by atoms with van der Waals surface area (Å²) in [7, 11) is 2.12. The van der Waals surface area contributed by atoms with Gasteiger partial charge in [-0.3, -0.25) is 0 Å². The molecule has 0 heterocycles. The summed E-state index contributed by atoms with van der Waals surface area (Å²) in [6, 6.07) is 15.1. The topological polar surface area (TPSA) is 15.3 Å². The van der Waals surface area contributed by atoms with Gasteiger partial charge in [-0.1, -0.05) is 46.6 Å². The molecule has 21 heavy (non-hydrogen) atoms. The zero-order valence-corrected chi connectivity index (χ0v) is 14.6. The molecule has 3 heteroatoms. The second-order valence-corrected chi connectivity index (χ2v) is 6.26. The molecule has 2 aromatic carbocycles. The van der Waals surface area contributed by atoms with Gasteiger partial charge >= 0.3 is 0 Å². The third-order valence-corrected chi connectivity index (χ3v) is 4.07. The Hall–Kier alpha value is -1.32. The fraction of sp³-hybridized carbons (Fsp3) is 0.333. The van der Waals surface area contributed by atoms with Crippen LogP contribution in [0.25, 0.3) is 0 Å². The van der Waals surface area contributed by atoms with Crippen LogP contribution in [0.4, 0.5) is 11.4 Å². The first-order valence-electron chi connectivity index (χ1n) is 7.41. The molecule has 1 N–H and O–H groups in total. The van der Waals surface area contributed by atoms with E-state index in [9.17, 15) is 0 Å². The summed E-state index contributed by atoms with van der Waals surface area (Å²) in [5.74, 6) is 0. The fourth-order valence-electron chi connectivity index (χ4n) is 2.31. The Kier molecular flexibility index (Phi) is 5.83. The molecule has 2 aromatic rings. The highest BCUT2D eigenvalue weighted by molar-refractivity contribution is 9.10. The number of anilines is 2. The molecule has 0 aliphatic rings. The van der Waals surface area contributed by atoms with E-state index in [2.05, 4.69) is 89.5 Å². The SMILES string of the molecule is CCCNCc1ccc(Br)cc1N(C)c1ccc(C)cc1. The van der Waals surface area contributed by atoms with Gasteiger partial charge in [0.1, 0.15) is 0 Å². The molecule has 0 aliphatic heterocycles. The molecule has 0 spiro atoms. The second-order valence-electron chi connectivity index (χ2n) is 5.34. The fourth-order valence-corrected chi connectivity index (χ4v) is 2.66. The van der Waals surface area contributed by atoms with E-state index in [4.69, 9.17) is 0 Å². The van der Waals surface area contributed by atoms with E-state index in [-0.39, 0.29) is 0 Å². The maximum atomic E-state index is 3.58. The molecular weight excluding hydrogens is 324 g/mol. The van der Waals surface area contributed by atoms with Crippen molar-refractivity contribution in [3.8, 4) is 0 Å². The van der Waals surface area contributed by atoms with Crippen LogP contribution in [0.5, 0.6) is 0 Å². The molecule has 0 aliphatic carbocycles. The van der Waals surface area contributed by atoms with Gasteiger partial charge in [-0.05, 0) is 49.7 Å². The molecule has 0 saturated carbocycles. The van der Waals surface area contributed by atoms with Crippen LogP contribution in [0.3, 0.4) is 0 Å². The zero-order chi connectivity index (χ0) is 15.2. The van der Waals surface area contributed by atoms with Crippen molar-refractivity contribution in [1.29, 1.82) is 0 Å². The Labute approximate surface area is 136 Å². The minimum absolute atomic E-state index is 0.895. The lowest BCUT2D eigenvalue weighted by Crippen LogP contribution is -2.18. The maximum Gasteiger partial charge on any atom is 0.0465 e. The first-order chi connectivity index (χ1) is 10.1. The molecule has 2 nitrogen and oxygen atoms in total. The molecular formula is C18H23BrN2. The van der Waals surface area contributed by atoms with Crippen molar-refractivity contribution in [2.45, 2.75) is 26.8 Å². The Morgan fingerprint density at radius 1 is 1.10 bits per heavy atom. The van der Waals surface area contributed by atoms with Crippen molar-refractivity contribution in [3.05, 3.63) is 58.1 Å². The summed E-state index contributed by atoms with van der Waals surface area (Å²) < 4.78 is 1.11. The molecule has 0 amide bonds. The molecule has 0 saturated heterocycles. The number of benzene rings is 2. The Balaban J connectivity index is 2.27. The van der Waals surface area contributed by atoms with Crippen molar-refractivity contribution < 1.29 is 0 Å². The highest BCUT2D eigenvalue weighted by atomic mass is 79.9. The summed E-state index contributed by atoms with van der Waals surface area (Å²) in [6.45, 7) is 6.24. The van der Waals surface area contributed by atoms with Crippen LogP contribution in [0, 0.1) is 6.92 Å². The summed E-state index contributed by atoms with van der Waals surface area (Å²) >= 11 is 3.58. The lowest BCUT2D eigenvalue weighted by atomic mass is 10.1. The van der Waals surface area contributed by atoms with Crippen LogP contribution in [-0.4, -0.2) is 13.6 Å². The first-order valence-corrected chi connectivity index (χ1v) is 8.20. The predicted molar refractivity (Wildman–Crippen MR) is 95.4 cm³/mol. The van der Waals surface area contributed by atoms with E-state index in [1.165, 1.54) is 22.5 Å². The van der Waals surface area contributed by atoms with Gasteiger partial charge < -0.3 is 10.2 Å². The van der Waals surface area contributed by atoms with E-state index >= 15 is 0 Å². The van der Waals surface area contributed by atoms with Crippen molar-refractivity contribution >= 4 is 27.3 Å². The Morgan fingerprint density at radius 2 is 1.81 bits per heavy atom. The minimum atomic E-state index is 0.895. The number of rotatable bonds is 6. The number of hydrogen-bond donors (Lipinski definition) is 1. The largest absolute Gasteiger partial charge is 0.344 e. The number of aryl methyl sites for hydroxylation is 1. The quantitative estimate of drug-likeness (QED) is 0.738. The summed E-state index contributed by atoms with van der Waals surface area (Å²) in [6.07, 6.45) is 1.15. The third kappa shape index (κ3) is 4.32. The monoisotopic (exact) mass is 346 g/mol. The van der Waals surface area contributed by atoms with E-state index < -0.39 is 0 Å². The first kappa shape index (κ1) is 16.1. The van der Waals surface area contributed by atoms with Gasteiger partial charge in [-0.15, -0.1) is 0 Å². The summed E-state index contributed by atoms with van der Waals surface area (Å²) in [5.41, 5.74) is 5.04. The van der Waals surface area contributed by atoms with Crippen LogP contribution >= 0.6 is 15.9 Å². The zero-order valence-electron chi connectivity index (χ0n) is 13.0. The lowest BCUT2D eigenvalue weighted by Gasteiger charge is -2.23. The van der Waals surface area contributed by atoms with E-state index in [0.29, 0.717) is 0 Å². The Morgan fingerprint density at radius 3 is 2.48 bits per heavy atom. The summed E-state index contributed by atoms with van der Waals surface area (Å²) in [5, 5.41) is 3.48. The van der Waals surface area contributed by atoms with E-state index in [1.54, 1.807) is 0 Å². The third-order valence-electron chi connectivity index (χ3n) is 3.57. The van der Waals surface area contributed by atoms with Crippen molar-refractivity contribution in [1.82, 2.24) is 5.32 Å². The molecule has 0 radical (unpaired) electrons. The van der Waals surface area contributed by atoms with Crippen LogP contribution in [0.15, 0.2) is 46.9 Å². The van der Waals surface area contributed by atoms with Gasteiger partial charge in [0.05, 0.1) is 0 Å². The Bertz CT molecular complexity index is 578. The van der Waals surface area contributed by atoms with E-state index in [0.717, 1.165) is 24.0 Å². The molecule has 112 valence electrons. The second kappa shape index (κ2) is 7.62. The van der Waals surface area contributed by atoms with Crippen LogP contribution in [0.1, 0.15) is 24.5 Å². The molecule has 0 bridgehead atoms.